The highest BCUT2D eigenvalue weighted by Gasteiger charge is 2.36. The quantitative estimate of drug-likeness (QED) is 0.397. The lowest BCUT2D eigenvalue weighted by Crippen LogP contribution is -2.47. The van der Waals surface area contributed by atoms with Crippen molar-refractivity contribution < 1.29 is 18.3 Å². The summed E-state index contributed by atoms with van der Waals surface area (Å²) < 4.78 is 37.4. The molecule has 0 aliphatic carbocycles. The van der Waals surface area contributed by atoms with Gasteiger partial charge in [0.2, 0.25) is 0 Å². The van der Waals surface area contributed by atoms with Crippen molar-refractivity contribution in [3.05, 3.63) is 83.1 Å². The van der Waals surface area contributed by atoms with Gasteiger partial charge >= 0.3 is 6.03 Å². The zero-order chi connectivity index (χ0) is 25.6. The molecular formula is C26H24F2N6O2. The lowest BCUT2D eigenvalue weighted by Gasteiger charge is -2.37. The first-order valence-electron chi connectivity index (χ1n) is 11.3. The van der Waals surface area contributed by atoms with Crippen molar-refractivity contribution in [1.29, 1.82) is 0 Å². The predicted molar refractivity (Wildman–Crippen MR) is 131 cm³/mol. The van der Waals surface area contributed by atoms with Crippen molar-refractivity contribution in [2.45, 2.75) is 26.9 Å². The SMILES string of the molecule is COc1cc(C)c(F)c(N2Cc3cnc(-c4cn(C)nc4C)cc3N(Cc3ccncc3)C2=O)c1F. The number of halogens is 2. The van der Waals surface area contributed by atoms with E-state index >= 15 is 8.78 Å². The molecule has 0 fully saturated rings. The molecule has 0 unspecified atom stereocenters. The van der Waals surface area contributed by atoms with Crippen LogP contribution < -0.4 is 14.5 Å². The number of anilines is 2. The van der Waals surface area contributed by atoms with E-state index in [0.717, 1.165) is 21.7 Å². The van der Waals surface area contributed by atoms with Gasteiger partial charge in [0.25, 0.3) is 0 Å². The molecule has 0 radical (unpaired) electrons. The monoisotopic (exact) mass is 490 g/mol. The lowest BCUT2D eigenvalue weighted by molar-refractivity contribution is 0.249. The predicted octanol–water partition coefficient (Wildman–Crippen LogP) is 4.93. The highest BCUT2D eigenvalue weighted by atomic mass is 19.1. The molecule has 2 amide bonds. The Hall–Kier alpha value is -4.34. The molecular weight excluding hydrogens is 466 g/mol. The summed E-state index contributed by atoms with van der Waals surface area (Å²) in [5.74, 6) is -1.88. The van der Waals surface area contributed by atoms with E-state index in [-0.39, 0.29) is 24.4 Å². The molecule has 36 heavy (non-hydrogen) atoms. The standard InChI is InChI=1S/C26H24F2N6O2/c1-15-9-22(36-4)24(28)25(23(15)27)34-13-18-11-30-20(19-14-32(3)31-16(19)2)10-21(18)33(26(34)35)12-17-5-7-29-8-6-17/h5-11,14H,12-13H2,1-4H3. The first kappa shape index (κ1) is 23.4. The number of fused-ring (bicyclic) bond motifs is 1. The highest BCUT2D eigenvalue weighted by molar-refractivity contribution is 6.06. The van der Waals surface area contributed by atoms with E-state index in [9.17, 15) is 4.79 Å². The van der Waals surface area contributed by atoms with E-state index in [0.29, 0.717) is 16.9 Å². The number of hydrogen-bond donors (Lipinski definition) is 0. The number of nitrogens with zero attached hydrogens (tertiary/aromatic N) is 6. The molecule has 0 N–H and O–H groups in total. The summed E-state index contributed by atoms with van der Waals surface area (Å²) in [6, 6.07) is 6.10. The molecule has 5 rings (SSSR count). The van der Waals surface area contributed by atoms with Crippen LogP contribution in [0.4, 0.5) is 25.0 Å². The zero-order valence-corrected chi connectivity index (χ0v) is 20.3. The van der Waals surface area contributed by atoms with E-state index in [1.165, 1.54) is 25.0 Å². The number of aryl methyl sites for hydroxylation is 3. The van der Waals surface area contributed by atoms with Gasteiger partial charge in [-0.2, -0.15) is 5.10 Å². The van der Waals surface area contributed by atoms with Crippen molar-refractivity contribution in [3.8, 4) is 17.0 Å². The summed E-state index contributed by atoms with van der Waals surface area (Å²) in [6.45, 7) is 3.50. The number of methoxy groups -OCH3 is 1. The van der Waals surface area contributed by atoms with Gasteiger partial charge in [-0.15, -0.1) is 0 Å². The molecule has 0 saturated carbocycles. The summed E-state index contributed by atoms with van der Waals surface area (Å²) >= 11 is 0. The lowest BCUT2D eigenvalue weighted by atomic mass is 10.0. The molecule has 1 aliphatic heterocycles. The fourth-order valence-electron chi connectivity index (χ4n) is 4.44. The largest absolute Gasteiger partial charge is 0.494 e. The summed E-state index contributed by atoms with van der Waals surface area (Å²) in [6.07, 6.45) is 6.76. The third-order valence-corrected chi connectivity index (χ3v) is 6.24. The van der Waals surface area contributed by atoms with E-state index in [1.807, 2.05) is 26.2 Å². The van der Waals surface area contributed by atoms with Gasteiger partial charge in [0.1, 0.15) is 5.69 Å². The average molecular weight is 491 g/mol. The number of aromatic nitrogens is 4. The number of amides is 2. The molecule has 184 valence electrons. The van der Waals surface area contributed by atoms with Gasteiger partial charge in [0, 0.05) is 43.0 Å². The maximum atomic E-state index is 15.3. The van der Waals surface area contributed by atoms with E-state index < -0.39 is 23.4 Å². The number of pyridine rings is 2. The van der Waals surface area contributed by atoms with Crippen molar-refractivity contribution in [2.75, 3.05) is 16.9 Å². The summed E-state index contributed by atoms with van der Waals surface area (Å²) in [5.41, 5.74) is 4.07. The molecule has 0 spiro atoms. The molecule has 0 saturated heterocycles. The molecule has 1 aliphatic rings. The molecule has 0 bridgehead atoms. The Morgan fingerprint density at radius 3 is 2.53 bits per heavy atom. The number of benzene rings is 1. The number of rotatable bonds is 5. The summed E-state index contributed by atoms with van der Waals surface area (Å²) in [5, 5.41) is 4.38. The molecule has 4 aromatic rings. The molecule has 1 aromatic carbocycles. The third kappa shape index (κ3) is 3.94. The van der Waals surface area contributed by atoms with Gasteiger partial charge in [0.15, 0.2) is 17.4 Å². The Balaban J connectivity index is 1.66. The van der Waals surface area contributed by atoms with Crippen LogP contribution in [0.2, 0.25) is 0 Å². The maximum Gasteiger partial charge on any atom is 0.329 e. The minimum Gasteiger partial charge on any atom is -0.494 e. The van der Waals surface area contributed by atoms with Crippen molar-refractivity contribution in [2.24, 2.45) is 7.05 Å². The third-order valence-electron chi connectivity index (χ3n) is 6.24. The second kappa shape index (κ2) is 9.03. The van der Waals surface area contributed by atoms with Crippen LogP contribution >= 0.6 is 0 Å². The van der Waals surface area contributed by atoms with Gasteiger partial charge < -0.3 is 4.74 Å². The van der Waals surface area contributed by atoms with Crippen LogP contribution in [0.5, 0.6) is 5.75 Å². The van der Waals surface area contributed by atoms with Gasteiger partial charge in [-0.25, -0.2) is 13.6 Å². The summed E-state index contributed by atoms with van der Waals surface area (Å²) in [7, 11) is 3.12. The molecule has 0 atom stereocenters. The molecule has 4 heterocycles. The van der Waals surface area contributed by atoms with Crippen molar-refractivity contribution in [3.63, 3.8) is 0 Å². The van der Waals surface area contributed by atoms with Gasteiger partial charge in [-0.05, 0) is 49.2 Å². The van der Waals surface area contributed by atoms with Gasteiger partial charge in [-0.3, -0.25) is 24.4 Å². The van der Waals surface area contributed by atoms with Gasteiger partial charge in [-0.1, -0.05) is 0 Å². The normalized spacial score (nSPS) is 13.2. The molecule has 3 aromatic heterocycles. The highest BCUT2D eigenvalue weighted by Crippen LogP contribution is 2.39. The smallest absolute Gasteiger partial charge is 0.329 e. The Labute approximate surface area is 206 Å². The van der Waals surface area contributed by atoms with Crippen LogP contribution in [0.1, 0.15) is 22.4 Å². The van der Waals surface area contributed by atoms with Crippen LogP contribution in [-0.4, -0.2) is 32.9 Å². The number of carbonyl (C=O) groups is 1. The van der Waals surface area contributed by atoms with E-state index in [1.54, 1.807) is 35.4 Å². The van der Waals surface area contributed by atoms with E-state index in [4.69, 9.17) is 4.74 Å². The fourth-order valence-corrected chi connectivity index (χ4v) is 4.44. The van der Waals surface area contributed by atoms with Crippen LogP contribution in [0, 0.1) is 25.5 Å². The topological polar surface area (TPSA) is 76.4 Å². The fraction of sp³-hybridized carbons (Fsp3) is 0.231. The second-order valence-corrected chi connectivity index (χ2v) is 8.68. The first-order valence-corrected chi connectivity index (χ1v) is 11.3. The minimum atomic E-state index is -0.933. The van der Waals surface area contributed by atoms with Crippen LogP contribution in [0.3, 0.4) is 0 Å². The Morgan fingerprint density at radius 2 is 1.86 bits per heavy atom. The number of urea groups is 1. The van der Waals surface area contributed by atoms with Crippen LogP contribution in [0.25, 0.3) is 11.3 Å². The van der Waals surface area contributed by atoms with Gasteiger partial charge in [0.05, 0.1) is 37.3 Å². The second-order valence-electron chi connectivity index (χ2n) is 8.68. The zero-order valence-electron chi connectivity index (χ0n) is 20.3. The Kier molecular flexibility index (Phi) is 5.87. The molecule has 10 heteroatoms. The summed E-state index contributed by atoms with van der Waals surface area (Å²) in [4.78, 5) is 25.1. The van der Waals surface area contributed by atoms with Crippen LogP contribution in [-0.2, 0) is 20.1 Å². The van der Waals surface area contributed by atoms with Crippen molar-refractivity contribution in [1.82, 2.24) is 19.7 Å². The Bertz CT molecular complexity index is 1470. The first-order chi connectivity index (χ1) is 17.3. The average Bonchev–Trinajstić information content (AvgIpc) is 3.21. The maximum absolute atomic E-state index is 15.3. The molecule has 8 nitrogen and oxygen atoms in total. The Morgan fingerprint density at radius 1 is 1.11 bits per heavy atom. The van der Waals surface area contributed by atoms with Crippen molar-refractivity contribution >= 4 is 17.4 Å². The van der Waals surface area contributed by atoms with E-state index in [2.05, 4.69) is 15.1 Å². The number of carbonyl (C=O) groups excluding carboxylic acids is 1. The number of ether oxygens (including phenoxy) is 1. The number of hydrogen-bond acceptors (Lipinski definition) is 5. The minimum absolute atomic E-state index is 0.0548. The van der Waals surface area contributed by atoms with Crippen LogP contribution in [0.15, 0.2) is 49.1 Å².